The van der Waals surface area contributed by atoms with E-state index in [1.165, 1.54) is 24.4 Å². The second-order valence-corrected chi connectivity index (χ2v) is 9.22. The molecule has 1 heterocycles. The number of aromatic nitrogens is 1. The van der Waals surface area contributed by atoms with Gasteiger partial charge in [0.05, 0.1) is 17.5 Å². The molecule has 0 bridgehead atoms. The fourth-order valence-corrected chi connectivity index (χ4v) is 4.05. The number of aliphatic hydroxyl groups is 1. The summed E-state index contributed by atoms with van der Waals surface area (Å²) in [5, 5.41) is 10.7. The molecule has 0 spiro atoms. The Morgan fingerprint density at radius 2 is 1.62 bits per heavy atom. The van der Waals surface area contributed by atoms with Crippen LogP contribution in [0.15, 0.2) is 70.1 Å². The SMILES string of the molecule is Cc1ccc(Oc2ccc(N(C(O)c3cc(Br)c[nH]c3=O)S(C)(=O)=O)cc2)cc1. The first kappa shape index (κ1) is 21.1. The van der Waals surface area contributed by atoms with E-state index in [1.807, 2.05) is 31.2 Å². The molecule has 3 rings (SSSR count). The van der Waals surface area contributed by atoms with Crippen LogP contribution >= 0.6 is 15.9 Å². The minimum Gasteiger partial charge on any atom is -0.457 e. The van der Waals surface area contributed by atoms with E-state index >= 15 is 0 Å². The molecule has 0 aliphatic carbocycles. The molecule has 2 N–H and O–H groups in total. The lowest BCUT2D eigenvalue weighted by Gasteiger charge is -2.27. The van der Waals surface area contributed by atoms with Crippen molar-refractivity contribution in [3.05, 3.63) is 86.7 Å². The highest BCUT2D eigenvalue weighted by molar-refractivity contribution is 9.10. The summed E-state index contributed by atoms with van der Waals surface area (Å²) >= 11 is 3.20. The Morgan fingerprint density at radius 3 is 2.17 bits per heavy atom. The third-order valence-corrected chi connectivity index (χ3v) is 5.69. The molecule has 1 unspecified atom stereocenters. The highest BCUT2D eigenvalue weighted by Gasteiger charge is 2.28. The van der Waals surface area contributed by atoms with Gasteiger partial charge < -0.3 is 14.8 Å². The van der Waals surface area contributed by atoms with Crippen molar-refractivity contribution in [2.45, 2.75) is 13.2 Å². The minimum atomic E-state index is -3.90. The Morgan fingerprint density at radius 1 is 1.07 bits per heavy atom. The zero-order valence-corrected chi connectivity index (χ0v) is 18.1. The summed E-state index contributed by atoms with van der Waals surface area (Å²) in [5.41, 5.74) is 0.599. The van der Waals surface area contributed by atoms with Crippen molar-refractivity contribution in [3.63, 3.8) is 0 Å². The van der Waals surface area contributed by atoms with Gasteiger partial charge in [-0.25, -0.2) is 12.7 Å². The number of sulfonamides is 1. The maximum absolute atomic E-state index is 12.4. The van der Waals surface area contributed by atoms with E-state index in [2.05, 4.69) is 20.9 Å². The summed E-state index contributed by atoms with van der Waals surface area (Å²) < 4.78 is 31.7. The maximum Gasteiger partial charge on any atom is 0.255 e. The number of ether oxygens (including phenoxy) is 1. The largest absolute Gasteiger partial charge is 0.457 e. The summed E-state index contributed by atoms with van der Waals surface area (Å²) in [7, 11) is -3.90. The van der Waals surface area contributed by atoms with Gasteiger partial charge in [-0.3, -0.25) is 4.79 Å². The van der Waals surface area contributed by atoms with Crippen LogP contribution in [0.4, 0.5) is 5.69 Å². The van der Waals surface area contributed by atoms with E-state index in [0.29, 0.717) is 16.0 Å². The van der Waals surface area contributed by atoms with E-state index < -0.39 is 21.8 Å². The standard InChI is InChI=1S/C20H19BrN2O5S/c1-13-3-7-16(8-4-13)28-17-9-5-15(6-10-17)23(29(2,26)27)20(25)18-11-14(21)12-22-19(18)24/h3-12,20,25H,1-2H3,(H,22,24). The first-order valence-corrected chi connectivity index (χ1v) is 11.2. The lowest BCUT2D eigenvalue weighted by molar-refractivity contribution is 0.188. The number of nitrogens with zero attached hydrogens (tertiary/aromatic N) is 1. The molecule has 7 nitrogen and oxygen atoms in total. The highest BCUT2D eigenvalue weighted by atomic mass is 79.9. The summed E-state index contributed by atoms with van der Waals surface area (Å²) in [6, 6.07) is 15.0. The molecule has 2 aromatic carbocycles. The molecule has 9 heteroatoms. The number of pyridine rings is 1. The predicted octanol–water partition coefficient (Wildman–Crippen LogP) is 3.70. The molecule has 0 saturated carbocycles. The molecule has 1 aromatic heterocycles. The molecule has 0 fully saturated rings. The van der Waals surface area contributed by atoms with Crippen molar-refractivity contribution in [2.75, 3.05) is 10.6 Å². The Labute approximate surface area is 176 Å². The number of rotatable bonds is 6. The molecule has 0 aliphatic rings. The van der Waals surface area contributed by atoms with Gasteiger partial charge >= 0.3 is 0 Å². The van der Waals surface area contributed by atoms with E-state index in [4.69, 9.17) is 4.74 Å². The van der Waals surface area contributed by atoms with Crippen molar-refractivity contribution in [1.29, 1.82) is 0 Å². The average molecular weight is 479 g/mol. The normalized spacial score (nSPS) is 12.4. The summed E-state index contributed by atoms with van der Waals surface area (Å²) in [4.78, 5) is 14.5. The molecule has 0 amide bonds. The molecule has 29 heavy (non-hydrogen) atoms. The highest BCUT2D eigenvalue weighted by Crippen LogP contribution is 2.30. The Kier molecular flexibility index (Phi) is 6.11. The van der Waals surface area contributed by atoms with E-state index in [9.17, 15) is 18.3 Å². The topological polar surface area (TPSA) is 99.7 Å². The number of hydrogen-bond donors (Lipinski definition) is 2. The third kappa shape index (κ3) is 5.06. The van der Waals surface area contributed by atoms with Gasteiger partial charge in [0.2, 0.25) is 10.0 Å². The zero-order valence-electron chi connectivity index (χ0n) is 15.7. The molecule has 0 saturated heterocycles. The third-order valence-electron chi connectivity index (χ3n) is 4.10. The molecule has 3 aromatic rings. The molecule has 152 valence electrons. The van der Waals surface area contributed by atoms with Gasteiger partial charge in [0.1, 0.15) is 11.5 Å². The number of aryl methyl sites for hydroxylation is 1. The predicted molar refractivity (Wildman–Crippen MR) is 115 cm³/mol. The van der Waals surface area contributed by atoms with Crippen LogP contribution in [0.1, 0.15) is 17.4 Å². The van der Waals surface area contributed by atoms with Crippen LogP contribution in [0, 0.1) is 6.92 Å². The number of halogens is 1. The van der Waals surface area contributed by atoms with Crippen molar-refractivity contribution in [1.82, 2.24) is 4.98 Å². The van der Waals surface area contributed by atoms with Crippen LogP contribution in [0.2, 0.25) is 0 Å². The van der Waals surface area contributed by atoms with Crippen LogP contribution in [0.5, 0.6) is 11.5 Å². The first-order valence-electron chi connectivity index (χ1n) is 8.55. The Bertz CT molecular complexity index is 1160. The van der Waals surface area contributed by atoms with Gasteiger partial charge in [0.15, 0.2) is 6.23 Å². The number of benzene rings is 2. The number of aromatic amines is 1. The van der Waals surface area contributed by atoms with E-state index in [0.717, 1.165) is 16.1 Å². The second-order valence-electron chi connectivity index (χ2n) is 6.44. The van der Waals surface area contributed by atoms with Crippen LogP contribution in [-0.4, -0.2) is 24.8 Å². The lowest BCUT2D eigenvalue weighted by atomic mass is 10.2. The lowest BCUT2D eigenvalue weighted by Crippen LogP contribution is -2.36. The van der Waals surface area contributed by atoms with Crippen LogP contribution < -0.4 is 14.6 Å². The first-order chi connectivity index (χ1) is 13.6. The number of aliphatic hydroxyl groups excluding tert-OH is 1. The van der Waals surface area contributed by atoms with Crippen molar-refractivity contribution >= 4 is 31.6 Å². The zero-order chi connectivity index (χ0) is 21.2. The fourth-order valence-electron chi connectivity index (χ4n) is 2.71. The van der Waals surface area contributed by atoms with Gasteiger partial charge in [-0.2, -0.15) is 0 Å². The quantitative estimate of drug-likeness (QED) is 0.526. The number of anilines is 1. The molecule has 0 aliphatic heterocycles. The van der Waals surface area contributed by atoms with Gasteiger partial charge in [-0.15, -0.1) is 0 Å². The number of hydrogen-bond acceptors (Lipinski definition) is 5. The molecular weight excluding hydrogens is 460 g/mol. The minimum absolute atomic E-state index is 0.107. The van der Waals surface area contributed by atoms with Gasteiger partial charge in [0.25, 0.3) is 5.56 Å². The van der Waals surface area contributed by atoms with Crippen LogP contribution in [0.25, 0.3) is 0 Å². The fraction of sp³-hybridized carbons (Fsp3) is 0.150. The molecule has 0 radical (unpaired) electrons. The van der Waals surface area contributed by atoms with Crippen LogP contribution in [0.3, 0.4) is 0 Å². The Hall–Kier alpha value is -2.62. The monoisotopic (exact) mass is 478 g/mol. The molecular formula is C20H19BrN2O5S. The number of nitrogens with one attached hydrogen (secondary N) is 1. The summed E-state index contributed by atoms with van der Waals surface area (Å²) in [6.07, 6.45) is 0.662. The summed E-state index contributed by atoms with van der Waals surface area (Å²) in [6.45, 7) is 1.97. The average Bonchev–Trinajstić information content (AvgIpc) is 2.66. The van der Waals surface area contributed by atoms with Gasteiger partial charge in [-0.1, -0.05) is 17.7 Å². The van der Waals surface area contributed by atoms with Crippen LogP contribution in [-0.2, 0) is 10.0 Å². The Balaban J connectivity index is 1.92. The maximum atomic E-state index is 12.4. The van der Waals surface area contributed by atoms with Crippen molar-refractivity contribution in [2.24, 2.45) is 0 Å². The number of H-pyrrole nitrogens is 1. The second kappa shape index (κ2) is 8.40. The smallest absolute Gasteiger partial charge is 0.255 e. The van der Waals surface area contributed by atoms with E-state index in [-0.39, 0.29) is 11.3 Å². The van der Waals surface area contributed by atoms with E-state index in [1.54, 1.807) is 12.1 Å². The van der Waals surface area contributed by atoms with Gasteiger partial charge in [-0.05, 0) is 65.3 Å². The summed E-state index contributed by atoms with van der Waals surface area (Å²) in [5.74, 6) is 1.14. The van der Waals surface area contributed by atoms with Crippen molar-refractivity contribution < 1.29 is 18.3 Å². The van der Waals surface area contributed by atoms with Gasteiger partial charge in [0, 0.05) is 10.7 Å². The van der Waals surface area contributed by atoms with Crippen molar-refractivity contribution in [3.8, 4) is 11.5 Å². The molecule has 1 atom stereocenters.